The van der Waals surface area contributed by atoms with Crippen molar-refractivity contribution < 1.29 is 9.21 Å². The Morgan fingerprint density at radius 2 is 1.94 bits per heavy atom. The molecule has 7 nitrogen and oxygen atoms in total. The maximum absolute atomic E-state index is 12.1. The first-order chi connectivity index (χ1) is 15.2. The lowest BCUT2D eigenvalue weighted by atomic mass is 10.2. The first-order valence-electron chi connectivity index (χ1n) is 11.3. The number of nitrogens with zero attached hydrogens (tertiary/aromatic N) is 2. The second-order valence-corrected chi connectivity index (χ2v) is 7.94. The molecule has 0 saturated carbocycles. The van der Waals surface area contributed by atoms with Gasteiger partial charge in [0.15, 0.2) is 11.7 Å². The first kappa shape index (κ1) is 26.2. The van der Waals surface area contributed by atoms with E-state index in [0.717, 1.165) is 50.7 Å². The molecule has 1 unspecified atom stereocenters. The fraction of sp³-hybridized carbons (Fsp3) is 0.500. The van der Waals surface area contributed by atoms with Gasteiger partial charge in [0.1, 0.15) is 0 Å². The van der Waals surface area contributed by atoms with Crippen LogP contribution in [0.4, 0.5) is 0 Å². The third-order valence-corrected chi connectivity index (χ3v) is 5.53. The Kier molecular flexibility index (Phi) is 11.6. The normalized spacial score (nSPS) is 16.4. The van der Waals surface area contributed by atoms with Gasteiger partial charge < -0.3 is 20.4 Å². The monoisotopic (exact) mass is 553 g/mol. The number of likely N-dealkylation sites (tertiary alicyclic amines) is 1. The molecule has 1 aromatic heterocycles. The van der Waals surface area contributed by atoms with Gasteiger partial charge in [0.25, 0.3) is 5.91 Å². The van der Waals surface area contributed by atoms with Gasteiger partial charge in [-0.05, 0) is 51.3 Å². The van der Waals surface area contributed by atoms with Crippen LogP contribution in [0.15, 0.2) is 52.1 Å². The maximum Gasteiger partial charge on any atom is 0.287 e. The molecular weight excluding hydrogens is 517 g/mol. The Bertz CT molecular complexity index is 840. The Hall–Kier alpha value is -2.07. The van der Waals surface area contributed by atoms with Crippen LogP contribution in [0.3, 0.4) is 0 Å². The van der Waals surface area contributed by atoms with Gasteiger partial charge in [0, 0.05) is 37.8 Å². The summed E-state index contributed by atoms with van der Waals surface area (Å²) in [5, 5.41) is 9.59. The summed E-state index contributed by atoms with van der Waals surface area (Å²) in [6, 6.07) is 12.9. The molecule has 3 N–H and O–H groups in total. The number of aryl methyl sites for hydroxylation is 1. The van der Waals surface area contributed by atoms with E-state index in [4.69, 9.17) is 9.41 Å². The van der Waals surface area contributed by atoms with Crippen LogP contribution < -0.4 is 16.0 Å². The highest BCUT2D eigenvalue weighted by Crippen LogP contribution is 2.20. The highest BCUT2D eigenvalue weighted by molar-refractivity contribution is 14.0. The van der Waals surface area contributed by atoms with Gasteiger partial charge in [-0.1, -0.05) is 30.3 Å². The molecule has 1 amide bonds. The van der Waals surface area contributed by atoms with E-state index in [2.05, 4.69) is 58.1 Å². The van der Waals surface area contributed by atoms with E-state index in [9.17, 15) is 4.79 Å². The van der Waals surface area contributed by atoms with E-state index in [0.29, 0.717) is 18.3 Å². The standard InChI is InChI=1S/C24H35N5O2.HI/c1-3-25-24(27-14-8-13-26-23(30)22-19(2)12-16-31-22)28-17-21-11-7-15-29(21)18-20-9-5-4-6-10-20;/h4-6,9-10,12,16,21H,3,7-8,11,13-15,17-18H2,1-2H3,(H,26,30)(H2,25,27,28);1H. The van der Waals surface area contributed by atoms with Crippen LogP contribution in [0.2, 0.25) is 0 Å². The van der Waals surface area contributed by atoms with Crippen LogP contribution in [0.25, 0.3) is 0 Å². The summed E-state index contributed by atoms with van der Waals surface area (Å²) in [6.07, 6.45) is 4.76. The van der Waals surface area contributed by atoms with E-state index < -0.39 is 0 Å². The first-order valence-corrected chi connectivity index (χ1v) is 11.3. The molecule has 1 aliphatic heterocycles. The number of carbonyl (C=O) groups is 1. The SMILES string of the molecule is CCNC(=NCC1CCCN1Cc1ccccc1)NCCCNC(=O)c1occc1C.I. The lowest BCUT2D eigenvalue weighted by Gasteiger charge is -2.23. The van der Waals surface area contributed by atoms with Crippen molar-refractivity contribution in [3.05, 3.63) is 59.5 Å². The highest BCUT2D eigenvalue weighted by Gasteiger charge is 2.24. The number of hydrogen-bond donors (Lipinski definition) is 3. The van der Waals surface area contributed by atoms with Crippen molar-refractivity contribution in [2.75, 3.05) is 32.7 Å². The van der Waals surface area contributed by atoms with Gasteiger partial charge in [-0.15, -0.1) is 24.0 Å². The van der Waals surface area contributed by atoms with Gasteiger partial charge in [-0.3, -0.25) is 14.7 Å². The molecule has 1 saturated heterocycles. The van der Waals surface area contributed by atoms with Crippen LogP contribution in [-0.4, -0.2) is 55.5 Å². The zero-order chi connectivity index (χ0) is 21.9. The van der Waals surface area contributed by atoms with Crippen molar-refractivity contribution in [1.29, 1.82) is 0 Å². The van der Waals surface area contributed by atoms with Crippen molar-refractivity contribution >= 4 is 35.8 Å². The van der Waals surface area contributed by atoms with Crippen molar-refractivity contribution in [2.24, 2.45) is 4.99 Å². The number of halogens is 1. The van der Waals surface area contributed by atoms with Crippen molar-refractivity contribution in [1.82, 2.24) is 20.9 Å². The average molecular weight is 553 g/mol. The number of benzene rings is 1. The van der Waals surface area contributed by atoms with Crippen LogP contribution in [0, 0.1) is 6.92 Å². The number of guanidine groups is 1. The predicted octanol–water partition coefficient (Wildman–Crippen LogP) is 3.55. The van der Waals surface area contributed by atoms with Gasteiger partial charge in [-0.25, -0.2) is 0 Å². The van der Waals surface area contributed by atoms with Crippen molar-refractivity contribution in [3.63, 3.8) is 0 Å². The number of aliphatic imine (C=N–C) groups is 1. The molecule has 0 aliphatic carbocycles. The molecule has 0 radical (unpaired) electrons. The Morgan fingerprint density at radius 3 is 2.66 bits per heavy atom. The summed E-state index contributed by atoms with van der Waals surface area (Å²) in [6.45, 7) is 8.98. The fourth-order valence-electron chi connectivity index (χ4n) is 3.85. The minimum Gasteiger partial charge on any atom is -0.459 e. The third-order valence-electron chi connectivity index (χ3n) is 5.53. The van der Waals surface area contributed by atoms with E-state index in [1.807, 2.05) is 6.92 Å². The average Bonchev–Trinajstić information content (AvgIpc) is 3.41. The molecule has 1 fully saturated rings. The lowest BCUT2D eigenvalue weighted by molar-refractivity contribution is 0.0925. The minimum absolute atomic E-state index is 0. The molecule has 0 bridgehead atoms. The largest absolute Gasteiger partial charge is 0.459 e. The van der Waals surface area contributed by atoms with Gasteiger partial charge in [-0.2, -0.15) is 0 Å². The Labute approximate surface area is 208 Å². The van der Waals surface area contributed by atoms with E-state index in [-0.39, 0.29) is 29.9 Å². The summed E-state index contributed by atoms with van der Waals surface area (Å²) >= 11 is 0. The molecule has 32 heavy (non-hydrogen) atoms. The zero-order valence-electron chi connectivity index (χ0n) is 19.1. The number of nitrogens with one attached hydrogen (secondary N) is 3. The summed E-state index contributed by atoms with van der Waals surface area (Å²) in [7, 11) is 0. The molecule has 1 aliphatic rings. The molecule has 2 heterocycles. The van der Waals surface area contributed by atoms with E-state index in [1.54, 1.807) is 6.07 Å². The Morgan fingerprint density at radius 1 is 1.16 bits per heavy atom. The second-order valence-electron chi connectivity index (χ2n) is 7.94. The van der Waals surface area contributed by atoms with Gasteiger partial charge in [0.2, 0.25) is 0 Å². The van der Waals surface area contributed by atoms with Gasteiger partial charge in [0.05, 0.1) is 12.8 Å². The van der Waals surface area contributed by atoms with Crippen LogP contribution in [0.5, 0.6) is 0 Å². The number of carbonyl (C=O) groups excluding carboxylic acids is 1. The molecule has 1 aromatic carbocycles. The molecule has 3 rings (SSSR count). The zero-order valence-corrected chi connectivity index (χ0v) is 21.4. The molecule has 1 atom stereocenters. The molecule has 8 heteroatoms. The smallest absolute Gasteiger partial charge is 0.287 e. The number of hydrogen-bond acceptors (Lipinski definition) is 4. The van der Waals surface area contributed by atoms with Crippen molar-refractivity contribution in [2.45, 2.75) is 45.7 Å². The lowest BCUT2D eigenvalue weighted by Crippen LogP contribution is -2.40. The number of rotatable bonds is 10. The summed E-state index contributed by atoms with van der Waals surface area (Å²) in [5.41, 5.74) is 2.21. The number of amides is 1. The molecule has 0 spiro atoms. The maximum atomic E-state index is 12.1. The minimum atomic E-state index is -0.164. The quantitative estimate of drug-likeness (QED) is 0.182. The van der Waals surface area contributed by atoms with E-state index >= 15 is 0 Å². The van der Waals surface area contributed by atoms with Crippen LogP contribution >= 0.6 is 24.0 Å². The van der Waals surface area contributed by atoms with E-state index in [1.165, 1.54) is 24.7 Å². The Balaban J connectivity index is 0.00000363. The molecule has 176 valence electrons. The topological polar surface area (TPSA) is 81.9 Å². The summed E-state index contributed by atoms with van der Waals surface area (Å²) in [4.78, 5) is 19.4. The second kappa shape index (κ2) is 14.2. The summed E-state index contributed by atoms with van der Waals surface area (Å²) < 4.78 is 5.22. The third kappa shape index (κ3) is 8.12. The van der Waals surface area contributed by atoms with Crippen LogP contribution in [-0.2, 0) is 6.54 Å². The predicted molar refractivity (Wildman–Crippen MR) is 140 cm³/mol. The van der Waals surface area contributed by atoms with Crippen molar-refractivity contribution in [3.8, 4) is 0 Å². The highest BCUT2D eigenvalue weighted by atomic mass is 127. The number of furan rings is 1. The molecule has 2 aromatic rings. The molecular formula is C24H36IN5O2. The van der Waals surface area contributed by atoms with Crippen LogP contribution in [0.1, 0.15) is 47.9 Å². The fourth-order valence-corrected chi connectivity index (χ4v) is 3.85. The van der Waals surface area contributed by atoms with Gasteiger partial charge >= 0.3 is 0 Å². The summed E-state index contributed by atoms with van der Waals surface area (Å²) in [5.74, 6) is 1.06.